The highest BCUT2D eigenvalue weighted by molar-refractivity contribution is 5.78. The molecule has 1 aliphatic rings. The molecule has 2 aromatic carbocycles. The zero-order valence-electron chi connectivity index (χ0n) is 14.7. The highest BCUT2D eigenvalue weighted by atomic mass is 19.1. The molecule has 1 aliphatic heterocycles. The first-order chi connectivity index (χ1) is 12.1. The van der Waals surface area contributed by atoms with Gasteiger partial charge >= 0.3 is 0 Å². The van der Waals surface area contributed by atoms with Crippen molar-refractivity contribution >= 4 is 5.91 Å². The average molecular weight is 340 g/mol. The quantitative estimate of drug-likeness (QED) is 0.901. The van der Waals surface area contributed by atoms with E-state index in [9.17, 15) is 9.18 Å². The number of benzene rings is 2. The lowest BCUT2D eigenvalue weighted by Crippen LogP contribution is -2.40. The van der Waals surface area contributed by atoms with E-state index < -0.39 is 0 Å². The van der Waals surface area contributed by atoms with Crippen LogP contribution >= 0.6 is 0 Å². The fraction of sp³-hybridized carbons (Fsp3) is 0.381. The molecule has 1 fully saturated rings. The number of likely N-dealkylation sites (tertiary alicyclic amines) is 1. The molecular formula is C21H25FN2O. The Morgan fingerprint density at radius 2 is 1.80 bits per heavy atom. The first-order valence-electron chi connectivity index (χ1n) is 8.91. The number of rotatable bonds is 5. The Hall–Kier alpha value is -2.20. The van der Waals surface area contributed by atoms with Gasteiger partial charge in [-0.1, -0.05) is 48.0 Å². The molecule has 0 unspecified atom stereocenters. The normalized spacial score (nSPS) is 15.9. The van der Waals surface area contributed by atoms with Crippen molar-refractivity contribution in [1.29, 1.82) is 0 Å². The van der Waals surface area contributed by atoms with Crippen LogP contribution in [-0.2, 0) is 17.9 Å². The summed E-state index contributed by atoms with van der Waals surface area (Å²) < 4.78 is 13.7. The molecular weight excluding hydrogens is 315 g/mol. The number of halogens is 1. The molecule has 0 bridgehead atoms. The topological polar surface area (TPSA) is 32.3 Å². The van der Waals surface area contributed by atoms with Gasteiger partial charge in [0.25, 0.3) is 0 Å². The number of nitrogens with zero attached hydrogens (tertiary/aromatic N) is 1. The van der Waals surface area contributed by atoms with Gasteiger partial charge in [-0.2, -0.15) is 0 Å². The van der Waals surface area contributed by atoms with Crippen LogP contribution in [0.2, 0.25) is 0 Å². The minimum Gasteiger partial charge on any atom is -0.352 e. The Kier molecular flexibility index (Phi) is 5.82. The maximum Gasteiger partial charge on any atom is 0.223 e. The number of nitrogens with one attached hydrogen (secondary N) is 1. The van der Waals surface area contributed by atoms with Crippen LogP contribution in [0.5, 0.6) is 0 Å². The SMILES string of the molecule is Cc1ccc(CNC(=O)C2CCN(Cc3ccccc3F)CC2)cc1. The van der Waals surface area contributed by atoms with Gasteiger partial charge in [0, 0.05) is 24.6 Å². The second-order valence-electron chi connectivity index (χ2n) is 6.85. The van der Waals surface area contributed by atoms with Crippen LogP contribution in [0.3, 0.4) is 0 Å². The molecule has 0 aromatic heterocycles. The third kappa shape index (κ3) is 4.89. The zero-order valence-corrected chi connectivity index (χ0v) is 14.7. The van der Waals surface area contributed by atoms with Gasteiger partial charge in [0.2, 0.25) is 5.91 Å². The number of carbonyl (C=O) groups excluding carboxylic acids is 1. The van der Waals surface area contributed by atoms with Crippen molar-refractivity contribution in [3.8, 4) is 0 Å². The molecule has 0 spiro atoms. The van der Waals surface area contributed by atoms with E-state index in [0.29, 0.717) is 13.1 Å². The van der Waals surface area contributed by atoms with Gasteiger partial charge in [0.05, 0.1) is 0 Å². The fourth-order valence-electron chi connectivity index (χ4n) is 3.26. The molecule has 4 heteroatoms. The van der Waals surface area contributed by atoms with E-state index in [1.165, 1.54) is 11.6 Å². The molecule has 25 heavy (non-hydrogen) atoms. The lowest BCUT2D eigenvalue weighted by molar-refractivity contribution is -0.126. The van der Waals surface area contributed by atoms with E-state index in [2.05, 4.69) is 29.3 Å². The Morgan fingerprint density at radius 1 is 1.12 bits per heavy atom. The molecule has 3 rings (SSSR count). The van der Waals surface area contributed by atoms with Crippen LogP contribution in [0.15, 0.2) is 48.5 Å². The van der Waals surface area contributed by atoms with Crippen molar-refractivity contribution in [2.24, 2.45) is 5.92 Å². The summed E-state index contributed by atoms with van der Waals surface area (Å²) >= 11 is 0. The Morgan fingerprint density at radius 3 is 2.48 bits per heavy atom. The molecule has 3 nitrogen and oxygen atoms in total. The predicted molar refractivity (Wildman–Crippen MR) is 97.4 cm³/mol. The minimum absolute atomic E-state index is 0.0577. The first-order valence-corrected chi connectivity index (χ1v) is 8.91. The summed E-state index contributed by atoms with van der Waals surface area (Å²) in [6.07, 6.45) is 1.66. The maximum atomic E-state index is 13.7. The third-order valence-corrected chi connectivity index (χ3v) is 4.90. The van der Waals surface area contributed by atoms with Crippen molar-refractivity contribution in [1.82, 2.24) is 10.2 Å². The number of carbonyl (C=O) groups is 1. The lowest BCUT2D eigenvalue weighted by Gasteiger charge is -2.31. The van der Waals surface area contributed by atoms with Crippen LogP contribution in [0, 0.1) is 18.7 Å². The van der Waals surface area contributed by atoms with E-state index in [0.717, 1.165) is 37.1 Å². The molecule has 1 N–H and O–H groups in total. The molecule has 2 aromatic rings. The van der Waals surface area contributed by atoms with E-state index in [4.69, 9.17) is 0 Å². The fourth-order valence-corrected chi connectivity index (χ4v) is 3.26. The van der Waals surface area contributed by atoms with Crippen LogP contribution in [-0.4, -0.2) is 23.9 Å². The van der Waals surface area contributed by atoms with Crippen molar-refractivity contribution in [3.05, 3.63) is 71.0 Å². The summed E-state index contributed by atoms with van der Waals surface area (Å²) in [5, 5.41) is 3.04. The van der Waals surface area contributed by atoms with Gasteiger partial charge in [-0.05, 0) is 44.5 Å². The van der Waals surface area contributed by atoms with Crippen molar-refractivity contribution in [3.63, 3.8) is 0 Å². The molecule has 1 saturated heterocycles. The standard InChI is InChI=1S/C21H25FN2O/c1-16-6-8-17(9-7-16)14-23-21(25)18-10-12-24(13-11-18)15-19-4-2-3-5-20(19)22/h2-9,18H,10-15H2,1H3,(H,23,25). The predicted octanol–water partition coefficient (Wildman–Crippen LogP) is 3.66. The number of piperidine rings is 1. The van der Waals surface area contributed by atoms with Gasteiger partial charge in [-0.3, -0.25) is 9.69 Å². The largest absolute Gasteiger partial charge is 0.352 e. The van der Waals surface area contributed by atoms with Gasteiger partial charge in [0.15, 0.2) is 0 Å². The highest BCUT2D eigenvalue weighted by Gasteiger charge is 2.25. The smallest absolute Gasteiger partial charge is 0.223 e. The highest BCUT2D eigenvalue weighted by Crippen LogP contribution is 2.20. The Bertz CT molecular complexity index is 706. The monoisotopic (exact) mass is 340 g/mol. The third-order valence-electron chi connectivity index (χ3n) is 4.90. The minimum atomic E-state index is -0.152. The van der Waals surface area contributed by atoms with Crippen LogP contribution in [0.4, 0.5) is 4.39 Å². The Labute approximate surface area is 148 Å². The van der Waals surface area contributed by atoms with E-state index in [-0.39, 0.29) is 17.6 Å². The first kappa shape index (κ1) is 17.6. The summed E-state index contributed by atoms with van der Waals surface area (Å²) in [6, 6.07) is 15.1. The van der Waals surface area contributed by atoms with Gasteiger partial charge in [0.1, 0.15) is 5.82 Å². The number of hydrogen-bond donors (Lipinski definition) is 1. The summed E-state index contributed by atoms with van der Waals surface area (Å²) in [6.45, 7) is 4.91. The average Bonchev–Trinajstić information content (AvgIpc) is 2.63. The number of aryl methyl sites for hydroxylation is 1. The van der Waals surface area contributed by atoms with Gasteiger partial charge in [-0.15, -0.1) is 0 Å². The zero-order chi connectivity index (χ0) is 17.6. The molecule has 0 atom stereocenters. The van der Waals surface area contributed by atoms with Crippen molar-refractivity contribution < 1.29 is 9.18 Å². The number of amides is 1. The van der Waals surface area contributed by atoms with Crippen LogP contribution in [0.1, 0.15) is 29.5 Å². The van der Waals surface area contributed by atoms with E-state index in [1.807, 2.05) is 24.3 Å². The lowest BCUT2D eigenvalue weighted by atomic mass is 9.95. The van der Waals surface area contributed by atoms with Crippen molar-refractivity contribution in [2.45, 2.75) is 32.9 Å². The molecule has 1 heterocycles. The van der Waals surface area contributed by atoms with Gasteiger partial charge < -0.3 is 5.32 Å². The number of hydrogen-bond acceptors (Lipinski definition) is 2. The summed E-state index contributed by atoms with van der Waals surface area (Å²) in [5.41, 5.74) is 3.07. The molecule has 0 aliphatic carbocycles. The molecule has 1 amide bonds. The maximum absolute atomic E-state index is 13.7. The van der Waals surface area contributed by atoms with E-state index in [1.54, 1.807) is 6.07 Å². The van der Waals surface area contributed by atoms with Crippen LogP contribution in [0.25, 0.3) is 0 Å². The van der Waals surface area contributed by atoms with Crippen LogP contribution < -0.4 is 5.32 Å². The van der Waals surface area contributed by atoms with Crippen molar-refractivity contribution in [2.75, 3.05) is 13.1 Å². The van der Waals surface area contributed by atoms with E-state index >= 15 is 0 Å². The Balaban J connectivity index is 1.44. The second kappa shape index (κ2) is 8.26. The molecule has 0 radical (unpaired) electrons. The summed E-state index contributed by atoms with van der Waals surface area (Å²) in [4.78, 5) is 14.6. The summed E-state index contributed by atoms with van der Waals surface area (Å²) in [7, 11) is 0. The molecule has 0 saturated carbocycles. The summed E-state index contributed by atoms with van der Waals surface area (Å²) in [5.74, 6) is 0.0360. The molecule has 132 valence electrons. The van der Waals surface area contributed by atoms with Gasteiger partial charge in [-0.25, -0.2) is 4.39 Å². The second-order valence-corrected chi connectivity index (χ2v) is 6.85.